The molecular formula is C20H16N2O4S. The first kappa shape index (κ1) is 17.1. The maximum absolute atomic E-state index is 12.5. The number of hydrogen-bond acceptors (Lipinski definition) is 5. The van der Waals surface area contributed by atoms with Crippen LogP contribution in [0.1, 0.15) is 9.67 Å². The summed E-state index contributed by atoms with van der Waals surface area (Å²) in [6.45, 7) is 0.137. The molecule has 2 amide bonds. The minimum absolute atomic E-state index is 0.137. The second-order valence-electron chi connectivity index (χ2n) is 5.87. The van der Waals surface area contributed by atoms with Crippen LogP contribution in [0.3, 0.4) is 0 Å². The van der Waals surface area contributed by atoms with Gasteiger partial charge in [-0.3, -0.25) is 9.59 Å². The maximum Gasteiger partial charge on any atom is 0.269 e. The van der Waals surface area contributed by atoms with Crippen LogP contribution in [0.25, 0.3) is 0 Å². The molecule has 7 heteroatoms. The van der Waals surface area contributed by atoms with Crippen LogP contribution in [0.4, 0.5) is 11.4 Å². The van der Waals surface area contributed by atoms with Crippen LogP contribution in [-0.4, -0.2) is 24.5 Å². The molecule has 27 heavy (non-hydrogen) atoms. The van der Waals surface area contributed by atoms with Crippen LogP contribution in [-0.2, 0) is 4.79 Å². The predicted octanol–water partition coefficient (Wildman–Crippen LogP) is 3.78. The summed E-state index contributed by atoms with van der Waals surface area (Å²) in [5, 5.41) is 7.46. The van der Waals surface area contributed by atoms with Crippen molar-refractivity contribution in [2.75, 3.05) is 17.2 Å². The van der Waals surface area contributed by atoms with Gasteiger partial charge in [0.15, 0.2) is 11.5 Å². The summed E-state index contributed by atoms with van der Waals surface area (Å²) in [4.78, 5) is 25.3. The third-order valence-corrected chi connectivity index (χ3v) is 4.80. The number of thiophene rings is 1. The average molecular weight is 380 g/mol. The van der Waals surface area contributed by atoms with E-state index in [2.05, 4.69) is 10.6 Å². The molecule has 6 nitrogen and oxygen atoms in total. The second kappa shape index (κ2) is 7.51. The topological polar surface area (TPSA) is 76.7 Å². The first-order chi connectivity index (χ1) is 13.2. The minimum atomic E-state index is -0.746. The monoisotopic (exact) mass is 380 g/mol. The Labute approximate surface area is 159 Å². The van der Waals surface area contributed by atoms with Gasteiger partial charge in [-0.1, -0.05) is 24.3 Å². The molecule has 0 saturated heterocycles. The fourth-order valence-electron chi connectivity index (χ4n) is 2.65. The standard InChI is InChI=1S/C20H16N2O4S/c23-19(17-12-25-15-7-1-2-8-16(15)26-17)21-13-5-3-6-14(11-13)22-20(24)18-9-4-10-27-18/h1-11,17H,12H2,(H,21,23)(H,22,24)/t17-/m0/s1. The van der Waals surface area contributed by atoms with Crippen LogP contribution in [0.15, 0.2) is 66.0 Å². The number of rotatable bonds is 4. The molecule has 0 radical (unpaired) electrons. The van der Waals surface area contributed by atoms with Gasteiger partial charge in [0.05, 0.1) is 4.88 Å². The van der Waals surface area contributed by atoms with Crippen molar-refractivity contribution in [1.29, 1.82) is 0 Å². The molecule has 1 aliphatic heterocycles. The van der Waals surface area contributed by atoms with Crippen LogP contribution in [0.5, 0.6) is 11.5 Å². The number of fused-ring (bicyclic) bond motifs is 1. The smallest absolute Gasteiger partial charge is 0.269 e. The van der Waals surface area contributed by atoms with Gasteiger partial charge >= 0.3 is 0 Å². The zero-order valence-corrected chi connectivity index (χ0v) is 15.0. The highest BCUT2D eigenvalue weighted by atomic mass is 32.1. The Morgan fingerprint density at radius 3 is 2.48 bits per heavy atom. The van der Waals surface area contributed by atoms with E-state index in [4.69, 9.17) is 9.47 Å². The number of carbonyl (C=O) groups is 2. The summed E-state index contributed by atoms with van der Waals surface area (Å²) in [6, 6.07) is 17.8. The van der Waals surface area contributed by atoms with Crippen molar-refractivity contribution < 1.29 is 19.1 Å². The first-order valence-corrected chi connectivity index (χ1v) is 9.21. The van der Waals surface area contributed by atoms with Crippen LogP contribution < -0.4 is 20.1 Å². The highest BCUT2D eigenvalue weighted by Gasteiger charge is 2.27. The highest BCUT2D eigenvalue weighted by molar-refractivity contribution is 7.12. The number of nitrogens with one attached hydrogen (secondary N) is 2. The Morgan fingerprint density at radius 2 is 1.70 bits per heavy atom. The summed E-state index contributed by atoms with van der Waals surface area (Å²) >= 11 is 1.37. The van der Waals surface area contributed by atoms with Crippen molar-refractivity contribution in [3.8, 4) is 11.5 Å². The van der Waals surface area contributed by atoms with Crippen LogP contribution >= 0.6 is 11.3 Å². The number of para-hydroxylation sites is 2. The predicted molar refractivity (Wildman–Crippen MR) is 104 cm³/mol. The summed E-state index contributed by atoms with van der Waals surface area (Å²) in [7, 11) is 0. The van der Waals surface area contributed by atoms with Gasteiger partial charge in [-0.2, -0.15) is 0 Å². The van der Waals surface area contributed by atoms with Crippen molar-refractivity contribution in [3.63, 3.8) is 0 Å². The van der Waals surface area contributed by atoms with Crippen molar-refractivity contribution in [1.82, 2.24) is 0 Å². The summed E-state index contributed by atoms with van der Waals surface area (Å²) < 4.78 is 11.3. The van der Waals surface area contributed by atoms with E-state index in [1.807, 2.05) is 23.6 Å². The number of carbonyl (C=O) groups excluding carboxylic acids is 2. The molecule has 2 aromatic carbocycles. The molecule has 0 unspecified atom stereocenters. The maximum atomic E-state index is 12.5. The van der Waals surface area contributed by atoms with Crippen molar-refractivity contribution in [2.24, 2.45) is 0 Å². The van der Waals surface area contributed by atoms with Gasteiger partial charge in [0.1, 0.15) is 6.61 Å². The molecule has 0 bridgehead atoms. The first-order valence-electron chi connectivity index (χ1n) is 8.33. The SMILES string of the molecule is O=C(Nc1cccc(NC(=O)[C@@H]2COc3ccccc3O2)c1)c1cccs1. The lowest BCUT2D eigenvalue weighted by atomic mass is 10.2. The number of ether oxygens (including phenoxy) is 2. The lowest BCUT2D eigenvalue weighted by molar-refractivity contribution is -0.125. The van der Waals surface area contributed by atoms with Gasteiger partial charge in [0, 0.05) is 11.4 Å². The zero-order valence-electron chi connectivity index (χ0n) is 14.2. The largest absolute Gasteiger partial charge is 0.485 e. The summed E-state index contributed by atoms with van der Waals surface area (Å²) in [5.74, 6) is 0.668. The third kappa shape index (κ3) is 3.93. The number of benzene rings is 2. The van der Waals surface area contributed by atoms with E-state index in [0.717, 1.165) is 0 Å². The third-order valence-electron chi connectivity index (χ3n) is 3.93. The van der Waals surface area contributed by atoms with Gasteiger partial charge in [-0.25, -0.2) is 0 Å². The lowest BCUT2D eigenvalue weighted by Crippen LogP contribution is -2.40. The zero-order chi connectivity index (χ0) is 18.6. The fraction of sp³-hybridized carbons (Fsp3) is 0.100. The van der Waals surface area contributed by atoms with E-state index in [1.54, 1.807) is 42.5 Å². The molecule has 4 rings (SSSR count). The molecule has 0 aliphatic carbocycles. The van der Waals surface area contributed by atoms with Gasteiger partial charge in [-0.15, -0.1) is 11.3 Å². The highest BCUT2D eigenvalue weighted by Crippen LogP contribution is 2.31. The van der Waals surface area contributed by atoms with E-state index in [0.29, 0.717) is 27.8 Å². The Morgan fingerprint density at radius 1 is 0.926 bits per heavy atom. The molecular weight excluding hydrogens is 364 g/mol. The van der Waals surface area contributed by atoms with E-state index >= 15 is 0 Å². The molecule has 1 aliphatic rings. The Hall–Kier alpha value is -3.32. The Bertz CT molecular complexity index is 972. The molecule has 0 saturated carbocycles. The minimum Gasteiger partial charge on any atom is -0.485 e. The van der Waals surface area contributed by atoms with Crippen LogP contribution in [0, 0.1) is 0 Å². The Kier molecular flexibility index (Phi) is 4.76. The number of hydrogen-bond donors (Lipinski definition) is 2. The van der Waals surface area contributed by atoms with E-state index in [9.17, 15) is 9.59 Å². The molecule has 3 aromatic rings. The number of amides is 2. The summed E-state index contributed by atoms with van der Waals surface area (Å²) in [6.07, 6.45) is -0.746. The fourth-order valence-corrected chi connectivity index (χ4v) is 3.27. The molecule has 2 N–H and O–H groups in total. The second-order valence-corrected chi connectivity index (χ2v) is 6.81. The average Bonchev–Trinajstić information content (AvgIpc) is 3.23. The molecule has 1 aromatic heterocycles. The molecule has 136 valence electrons. The van der Waals surface area contributed by atoms with Gasteiger partial charge in [0.2, 0.25) is 6.10 Å². The molecule has 0 fully saturated rings. The van der Waals surface area contributed by atoms with E-state index in [1.165, 1.54) is 11.3 Å². The quantitative estimate of drug-likeness (QED) is 0.722. The van der Waals surface area contributed by atoms with Gasteiger partial charge < -0.3 is 20.1 Å². The van der Waals surface area contributed by atoms with E-state index < -0.39 is 6.10 Å². The van der Waals surface area contributed by atoms with Gasteiger partial charge in [0.25, 0.3) is 11.8 Å². The van der Waals surface area contributed by atoms with Crippen molar-refractivity contribution in [2.45, 2.75) is 6.10 Å². The Balaban J connectivity index is 1.41. The summed E-state index contributed by atoms with van der Waals surface area (Å²) in [5.41, 5.74) is 1.16. The molecule has 0 spiro atoms. The van der Waals surface area contributed by atoms with Gasteiger partial charge in [-0.05, 0) is 41.8 Å². The lowest BCUT2D eigenvalue weighted by Gasteiger charge is -2.25. The number of anilines is 2. The normalized spacial score (nSPS) is 15.0. The molecule has 1 atom stereocenters. The molecule has 2 heterocycles. The van der Waals surface area contributed by atoms with Crippen LogP contribution in [0.2, 0.25) is 0 Å². The van der Waals surface area contributed by atoms with Crippen molar-refractivity contribution in [3.05, 3.63) is 70.9 Å². The van der Waals surface area contributed by atoms with Crippen molar-refractivity contribution >= 4 is 34.5 Å². The van der Waals surface area contributed by atoms with E-state index in [-0.39, 0.29) is 18.4 Å².